The molecular formula is C19H20N2O2. The average molecular weight is 308 g/mol. The molecule has 2 aromatic carbocycles. The second kappa shape index (κ2) is 7.94. The van der Waals surface area contributed by atoms with E-state index in [2.05, 4.69) is 10.6 Å². The number of hydrogen-bond acceptors (Lipinski definition) is 2. The number of amides is 2. The lowest BCUT2D eigenvalue weighted by Gasteiger charge is -2.16. The molecule has 4 heteroatoms. The minimum atomic E-state index is -0.319. The van der Waals surface area contributed by atoms with Crippen LogP contribution in [0.15, 0.2) is 66.4 Å². The molecule has 0 aromatic heterocycles. The molecule has 23 heavy (non-hydrogen) atoms. The molecule has 2 aromatic rings. The second-order valence-corrected chi connectivity index (χ2v) is 5.26. The molecule has 0 spiro atoms. The van der Waals surface area contributed by atoms with Crippen LogP contribution in [0, 0.1) is 0 Å². The van der Waals surface area contributed by atoms with E-state index < -0.39 is 0 Å². The zero-order valence-electron chi connectivity index (χ0n) is 13.2. The highest BCUT2D eigenvalue weighted by Gasteiger charge is 2.14. The minimum Gasteiger partial charge on any atom is -0.344 e. The van der Waals surface area contributed by atoms with E-state index in [0.717, 1.165) is 11.1 Å². The molecule has 0 aliphatic carbocycles. The molecule has 2 N–H and O–H groups in total. The summed E-state index contributed by atoms with van der Waals surface area (Å²) in [5.74, 6) is -0.602. The first kappa shape index (κ1) is 16.5. The molecule has 0 aliphatic rings. The lowest BCUT2D eigenvalue weighted by molar-refractivity contribution is -0.122. The first-order chi connectivity index (χ1) is 11.1. The van der Waals surface area contributed by atoms with Crippen LogP contribution in [0.4, 0.5) is 0 Å². The quantitative estimate of drug-likeness (QED) is 0.834. The Labute approximate surface area is 136 Å². The summed E-state index contributed by atoms with van der Waals surface area (Å²) in [7, 11) is 0. The molecule has 0 fully saturated rings. The molecule has 118 valence electrons. The Hall–Kier alpha value is -2.88. The Morgan fingerprint density at radius 3 is 2.09 bits per heavy atom. The van der Waals surface area contributed by atoms with Crippen LogP contribution in [0.1, 0.15) is 31.0 Å². The number of rotatable bonds is 5. The molecule has 0 radical (unpaired) electrons. The van der Waals surface area contributed by atoms with Crippen LogP contribution < -0.4 is 10.6 Å². The first-order valence-electron chi connectivity index (χ1n) is 7.46. The van der Waals surface area contributed by atoms with E-state index in [4.69, 9.17) is 0 Å². The van der Waals surface area contributed by atoms with Crippen molar-refractivity contribution in [3.63, 3.8) is 0 Å². The van der Waals surface area contributed by atoms with Crippen molar-refractivity contribution in [3.8, 4) is 0 Å². The summed E-state index contributed by atoms with van der Waals surface area (Å²) >= 11 is 0. The maximum atomic E-state index is 12.5. The van der Waals surface area contributed by atoms with Gasteiger partial charge in [-0.05, 0) is 24.1 Å². The number of hydrogen-bond donors (Lipinski definition) is 2. The van der Waals surface area contributed by atoms with Crippen molar-refractivity contribution in [3.05, 3.63) is 77.5 Å². The topological polar surface area (TPSA) is 58.2 Å². The number of benzene rings is 2. The van der Waals surface area contributed by atoms with Gasteiger partial charge < -0.3 is 10.6 Å². The van der Waals surface area contributed by atoms with Gasteiger partial charge in [-0.2, -0.15) is 0 Å². The molecule has 0 heterocycles. The zero-order chi connectivity index (χ0) is 16.7. The van der Waals surface area contributed by atoms with Gasteiger partial charge in [0, 0.05) is 6.92 Å². The van der Waals surface area contributed by atoms with E-state index in [9.17, 15) is 9.59 Å². The lowest BCUT2D eigenvalue weighted by atomic mass is 10.1. The van der Waals surface area contributed by atoms with Crippen LogP contribution in [0.5, 0.6) is 0 Å². The van der Waals surface area contributed by atoms with Crippen molar-refractivity contribution in [2.75, 3.05) is 0 Å². The summed E-state index contributed by atoms with van der Waals surface area (Å²) < 4.78 is 0. The normalized spacial score (nSPS) is 12.3. The van der Waals surface area contributed by atoms with E-state index >= 15 is 0 Å². The van der Waals surface area contributed by atoms with Gasteiger partial charge >= 0.3 is 0 Å². The molecule has 1 atom stereocenters. The van der Waals surface area contributed by atoms with Gasteiger partial charge in [-0.25, -0.2) is 0 Å². The highest BCUT2D eigenvalue weighted by molar-refractivity contribution is 6.01. The predicted molar refractivity (Wildman–Crippen MR) is 91.2 cm³/mol. The first-order valence-corrected chi connectivity index (χ1v) is 7.46. The number of carbonyl (C=O) groups excluding carboxylic acids is 2. The van der Waals surface area contributed by atoms with Gasteiger partial charge in [-0.3, -0.25) is 9.59 Å². The van der Waals surface area contributed by atoms with Gasteiger partial charge in [0.05, 0.1) is 6.04 Å². The maximum Gasteiger partial charge on any atom is 0.268 e. The van der Waals surface area contributed by atoms with Crippen molar-refractivity contribution in [2.24, 2.45) is 0 Å². The van der Waals surface area contributed by atoms with Crippen molar-refractivity contribution in [1.82, 2.24) is 10.6 Å². The SMILES string of the molecule is CC(=O)NC(=Cc1ccccc1)C(=O)NC(C)c1ccccc1. The van der Waals surface area contributed by atoms with E-state index in [1.54, 1.807) is 6.08 Å². The number of carbonyl (C=O) groups is 2. The Morgan fingerprint density at radius 1 is 0.957 bits per heavy atom. The van der Waals surface area contributed by atoms with Crippen molar-refractivity contribution in [1.29, 1.82) is 0 Å². The fourth-order valence-electron chi connectivity index (χ4n) is 2.16. The monoisotopic (exact) mass is 308 g/mol. The highest BCUT2D eigenvalue weighted by atomic mass is 16.2. The molecule has 2 amide bonds. The Balaban J connectivity index is 2.17. The molecule has 0 saturated carbocycles. The van der Waals surface area contributed by atoms with Crippen molar-refractivity contribution in [2.45, 2.75) is 19.9 Å². The van der Waals surface area contributed by atoms with Crippen LogP contribution in [0.3, 0.4) is 0 Å². The van der Waals surface area contributed by atoms with Gasteiger partial charge in [0.1, 0.15) is 5.70 Å². The van der Waals surface area contributed by atoms with E-state index in [1.807, 2.05) is 67.6 Å². The molecule has 0 aliphatic heterocycles. The molecule has 1 unspecified atom stereocenters. The van der Waals surface area contributed by atoms with Crippen molar-refractivity contribution >= 4 is 17.9 Å². The van der Waals surface area contributed by atoms with Gasteiger partial charge in [-0.15, -0.1) is 0 Å². The Kier molecular flexibility index (Phi) is 5.69. The summed E-state index contributed by atoms with van der Waals surface area (Å²) in [6, 6.07) is 18.9. The molecule has 2 rings (SSSR count). The predicted octanol–water partition coefficient (Wildman–Crippen LogP) is 3.04. The third kappa shape index (κ3) is 5.11. The average Bonchev–Trinajstić information content (AvgIpc) is 2.55. The lowest BCUT2D eigenvalue weighted by Crippen LogP contribution is -2.35. The van der Waals surface area contributed by atoms with Crippen LogP contribution in [-0.4, -0.2) is 11.8 Å². The molecular weight excluding hydrogens is 288 g/mol. The largest absolute Gasteiger partial charge is 0.344 e. The molecule has 0 bridgehead atoms. The summed E-state index contributed by atoms with van der Waals surface area (Å²) in [6.07, 6.45) is 1.66. The fourth-order valence-corrected chi connectivity index (χ4v) is 2.16. The second-order valence-electron chi connectivity index (χ2n) is 5.26. The minimum absolute atomic E-state index is 0.156. The third-order valence-electron chi connectivity index (χ3n) is 3.31. The van der Waals surface area contributed by atoms with E-state index in [0.29, 0.717) is 0 Å². The standard InChI is InChI=1S/C19H20N2O2/c1-14(17-11-7-4-8-12-17)20-19(23)18(21-15(2)22)13-16-9-5-3-6-10-16/h3-14H,1-2H3,(H,20,23)(H,21,22). The summed E-state index contributed by atoms with van der Waals surface area (Å²) in [6.45, 7) is 3.29. The smallest absolute Gasteiger partial charge is 0.268 e. The molecule has 0 saturated heterocycles. The molecule has 4 nitrogen and oxygen atoms in total. The number of nitrogens with one attached hydrogen (secondary N) is 2. The van der Waals surface area contributed by atoms with Crippen LogP contribution in [0.25, 0.3) is 6.08 Å². The van der Waals surface area contributed by atoms with E-state index in [-0.39, 0.29) is 23.6 Å². The summed E-state index contributed by atoms with van der Waals surface area (Å²) in [5, 5.41) is 5.50. The van der Waals surface area contributed by atoms with Crippen LogP contribution >= 0.6 is 0 Å². The summed E-state index contributed by atoms with van der Waals surface area (Å²) in [5.41, 5.74) is 2.08. The van der Waals surface area contributed by atoms with Crippen LogP contribution in [-0.2, 0) is 9.59 Å². The fraction of sp³-hybridized carbons (Fsp3) is 0.158. The van der Waals surface area contributed by atoms with Crippen molar-refractivity contribution < 1.29 is 9.59 Å². The Morgan fingerprint density at radius 2 is 1.52 bits per heavy atom. The maximum absolute atomic E-state index is 12.5. The van der Waals surface area contributed by atoms with Gasteiger partial charge in [0.25, 0.3) is 5.91 Å². The Bertz CT molecular complexity index is 694. The van der Waals surface area contributed by atoms with E-state index in [1.165, 1.54) is 6.92 Å². The van der Waals surface area contributed by atoms with Gasteiger partial charge in [-0.1, -0.05) is 60.7 Å². The zero-order valence-corrected chi connectivity index (χ0v) is 13.2. The summed E-state index contributed by atoms with van der Waals surface area (Å²) in [4.78, 5) is 23.8. The van der Waals surface area contributed by atoms with Crippen LogP contribution in [0.2, 0.25) is 0 Å². The van der Waals surface area contributed by atoms with Gasteiger partial charge in [0.15, 0.2) is 0 Å². The van der Waals surface area contributed by atoms with Gasteiger partial charge in [0.2, 0.25) is 5.91 Å². The highest BCUT2D eigenvalue weighted by Crippen LogP contribution is 2.12. The third-order valence-corrected chi connectivity index (χ3v) is 3.31.